The first kappa shape index (κ1) is 29.8. The molecular weight excluding hydrogens is 593 g/mol. The molecule has 3 aromatic rings. The van der Waals surface area contributed by atoms with Gasteiger partial charge in [-0.05, 0) is 72.7 Å². The number of fused-ring (bicyclic) bond motifs is 1. The zero-order valence-electron chi connectivity index (χ0n) is 23.0. The third-order valence-electron chi connectivity index (χ3n) is 7.09. The Kier molecular flexibility index (Phi) is 9.30. The Balaban J connectivity index is 1.28. The van der Waals surface area contributed by atoms with E-state index in [2.05, 4.69) is 26.8 Å². The number of carbonyl (C=O) groups is 3. The topological polar surface area (TPSA) is 95.0 Å². The summed E-state index contributed by atoms with van der Waals surface area (Å²) in [6.45, 7) is 7.94. The number of pyridine rings is 1. The number of ketones is 1. The number of amides is 2. The van der Waals surface area contributed by atoms with Gasteiger partial charge in [0, 0.05) is 56.3 Å². The van der Waals surface area contributed by atoms with E-state index in [-0.39, 0.29) is 17.6 Å². The number of piperazine rings is 1. The SMILES string of the molecule is C=C(C)C(=O)CCCC(=O)N1CCN(c2ccnc3ccc(/C=C4\SC(=Nc5c(Cl)cccc5Cl)NC4=O)cc23)CC1. The predicted octanol–water partition coefficient (Wildman–Crippen LogP) is 6.40. The molecule has 216 valence electrons. The van der Waals surface area contributed by atoms with E-state index in [1.165, 1.54) is 11.8 Å². The number of Topliss-reactive ketones (excluding diaryl/α,β-unsaturated/α-hetero) is 1. The number of halogens is 2. The highest BCUT2D eigenvalue weighted by Crippen LogP contribution is 2.36. The van der Waals surface area contributed by atoms with E-state index < -0.39 is 0 Å². The van der Waals surface area contributed by atoms with E-state index >= 15 is 0 Å². The number of anilines is 1. The first-order valence-electron chi connectivity index (χ1n) is 13.5. The molecule has 1 N–H and O–H groups in total. The van der Waals surface area contributed by atoms with Crippen LogP contribution in [-0.2, 0) is 14.4 Å². The lowest BCUT2D eigenvalue weighted by molar-refractivity contribution is -0.131. The maximum absolute atomic E-state index is 12.7. The van der Waals surface area contributed by atoms with Crippen molar-refractivity contribution in [1.82, 2.24) is 15.2 Å². The Morgan fingerprint density at radius 2 is 1.83 bits per heavy atom. The van der Waals surface area contributed by atoms with Gasteiger partial charge in [0.05, 0.1) is 20.5 Å². The third-order valence-corrected chi connectivity index (χ3v) is 8.61. The van der Waals surface area contributed by atoms with Gasteiger partial charge in [0.15, 0.2) is 11.0 Å². The summed E-state index contributed by atoms with van der Waals surface area (Å²) in [6, 6.07) is 13.0. The molecule has 0 radical (unpaired) electrons. The van der Waals surface area contributed by atoms with Gasteiger partial charge in [-0.2, -0.15) is 0 Å². The summed E-state index contributed by atoms with van der Waals surface area (Å²) >= 11 is 13.7. The summed E-state index contributed by atoms with van der Waals surface area (Å²) in [5.41, 5.74) is 3.66. The highest BCUT2D eigenvalue weighted by Gasteiger charge is 2.25. The van der Waals surface area contributed by atoms with E-state index in [0.29, 0.717) is 76.8 Å². The summed E-state index contributed by atoms with van der Waals surface area (Å²) in [6.07, 6.45) is 4.86. The fourth-order valence-corrected chi connectivity index (χ4v) is 6.12. The number of amidine groups is 1. The van der Waals surface area contributed by atoms with Crippen LogP contribution in [0.3, 0.4) is 0 Å². The number of carbonyl (C=O) groups excluding carboxylic acids is 3. The monoisotopic (exact) mass is 621 g/mol. The molecule has 1 aromatic heterocycles. The number of nitrogens with zero attached hydrogens (tertiary/aromatic N) is 4. The van der Waals surface area contributed by atoms with Crippen LogP contribution in [0.15, 0.2) is 70.7 Å². The second-order valence-corrected chi connectivity index (χ2v) is 11.9. The number of allylic oxidation sites excluding steroid dienone is 1. The van der Waals surface area contributed by atoms with Gasteiger partial charge in [-0.25, -0.2) is 4.99 Å². The Labute approximate surface area is 258 Å². The van der Waals surface area contributed by atoms with Gasteiger partial charge in [-0.3, -0.25) is 19.4 Å². The van der Waals surface area contributed by atoms with Crippen molar-refractivity contribution in [3.8, 4) is 0 Å². The van der Waals surface area contributed by atoms with Crippen LogP contribution in [0.1, 0.15) is 31.7 Å². The summed E-state index contributed by atoms with van der Waals surface area (Å²) in [5.74, 6) is -0.169. The average Bonchev–Trinajstić information content (AvgIpc) is 3.32. The minimum atomic E-state index is -0.252. The molecule has 0 atom stereocenters. The minimum absolute atomic E-state index is 0.00920. The van der Waals surface area contributed by atoms with E-state index in [0.717, 1.165) is 22.2 Å². The van der Waals surface area contributed by atoms with Crippen molar-refractivity contribution in [2.75, 3.05) is 31.1 Å². The summed E-state index contributed by atoms with van der Waals surface area (Å²) in [7, 11) is 0. The number of benzene rings is 2. The first-order chi connectivity index (χ1) is 20.2. The fraction of sp³-hybridized carbons (Fsp3) is 0.258. The molecule has 3 heterocycles. The van der Waals surface area contributed by atoms with Crippen molar-refractivity contribution in [3.63, 3.8) is 0 Å². The highest BCUT2D eigenvalue weighted by atomic mass is 35.5. The largest absolute Gasteiger partial charge is 0.367 e. The van der Waals surface area contributed by atoms with Gasteiger partial charge in [0.1, 0.15) is 5.69 Å². The zero-order chi connectivity index (χ0) is 29.8. The molecule has 0 bridgehead atoms. The number of nitrogens with one attached hydrogen (secondary N) is 1. The van der Waals surface area contributed by atoms with Crippen LogP contribution in [0.2, 0.25) is 10.0 Å². The Bertz CT molecular complexity index is 1630. The number of para-hydroxylation sites is 1. The maximum Gasteiger partial charge on any atom is 0.264 e. The Morgan fingerprint density at radius 1 is 1.10 bits per heavy atom. The first-order valence-corrected chi connectivity index (χ1v) is 15.1. The standard InChI is InChI=1S/C31H29Cl2N5O3S/c1-19(2)26(39)7-4-8-28(40)38-15-13-37(14-16-38)25-11-12-34-24-10-9-20(17-21(24)25)18-27-30(41)36-31(42-27)35-29-22(32)5-3-6-23(29)33/h3,5-6,9-12,17-18H,1,4,7-8,13-16H2,2H3,(H,35,36,41)/b27-18-. The van der Waals surface area contributed by atoms with Gasteiger partial charge in [-0.1, -0.05) is 41.9 Å². The van der Waals surface area contributed by atoms with Gasteiger partial charge in [-0.15, -0.1) is 0 Å². The second-order valence-electron chi connectivity index (χ2n) is 10.1. The predicted molar refractivity (Wildman–Crippen MR) is 171 cm³/mol. The van der Waals surface area contributed by atoms with Gasteiger partial charge in [0.2, 0.25) is 5.91 Å². The molecule has 2 aliphatic rings. The quantitative estimate of drug-likeness (QED) is 0.293. The molecule has 2 aromatic carbocycles. The lowest BCUT2D eigenvalue weighted by atomic mass is 10.1. The van der Waals surface area contributed by atoms with Crippen molar-refractivity contribution >= 4 is 86.1 Å². The minimum Gasteiger partial charge on any atom is -0.367 e. The van der Waals surface area contributed by atoms with Crippen molar-refractivity contribution in [3.05, 3.63) is 81.3 Å². The van der Waals surface area contributed by atoms with Crippen LogP contribution in [0.25, 0.3) is 17.0 Å². The van der Waals surface area contributed by atoms with Crippen LogP contribution in [0.5, 0.6) is 0 Å². The van der Waals surface area contributed by atoms with Crippen LogP contribution >= 0.6 is 35.0 Å². The molecule has 42 heavy (non-hydrogen) atoms. The molecule has 0 saturated carbocycles. The molecule has 11 heteroatoms. The highest BCUT2D eigenvalue weighted by molar-refractivity contribution is 8.18. The molecule has 2 aliphatic heterocycles. The fourth-order valence-electron chi connectivity index (χ4n) is 4.81. The smallest absolute Gasteiger partial charge is 0.264 e. The van der Waals surface area contributed by atoms with Gasteiger partial charge in [0.25, 0.3) is 5.91 Å². The second kappa shape index (κ2) is 13.1. The van der Waals surface area contributed by atoms with Gasteiger partial charge >= 0.3 is 0 Å². The molecule has 0 unspecified atom stereocenters. The van der Waals surface area contributed by atoms with Gasteiger partial charge < -0.3 is 15.1 Å². The summed E-state index contributed by atoms with van der Waals surface area (Å²) < 4.78 is 0. The molecular formula is C31H29Cl2N5O3S. The Morgan fingerprint density at radius 3 is 2.55 bits per heavy atom. The van der Waals surface area contributed by atoms with Crippen molar-refractivity contribution in [2.45, 2.75) is 26.2 Å². The molecule has 2 fully saturated rings. The number of thioether (sulfide) groups is 1. The molecule has 8 nitrogen and oxygen atoms in total. The molecule has 0 aliphatic carbocycles. The molecule has 0 spiro atoms. The van der Waals surface area contributed by atoms with Crippen molar-refractivity contribution < 1.29 is 14.4 Å². The normalized spacial score (nSPS) is 17.3. The van der Waals surface area contributed by atoms with Crippen LogP contribution in [-0.4, -0.2) is 58.8 Å². The summed E-state index contributed by atoms with van der Waals surface area (Å²) in [4.78, 5) is 50.8. The van der Waals surface area contributed by atoms with E-state index in [1.807, 2.05) is 35.2 Å². The molecule has 5 rings (SSSR count). The number of aliphatic imine (C=N–C) groups is 1. The maximum atomic E-state index is 12.7. The number of hydrogen-bond acceptors (Lipinski definition) is 7. The Hall–Kier alpha value is -3.66. The molecule has 2 amide bonds. The lowest BCUT2D eigenvalue weighted by Crippen LogP contribution is -2.48. The van der Waals surface area contributed by atoms with E-state index in [1.54, 1.807) is 31.3 Å². The van der Waals surface area contributed by atoms with Crippen LogP contribution in [0, 0.1) is 0 Å². The van der Waals surface area contributed by atoms with Crippen LogP contribution in [0.4, 0.5) is 11.4 Å². The van der Waals surface area contributed by atoms with Crippen molar-refractivity contribution in [2.24, 2.45) is 4.99 Å². The average molecular weight is 623 g/mol. The number of rotatable bonds is 8. The van der Waals surface area contributed by atoms with Crippen LogP contribution < -0.4 is 10.2 Å². The van der Waals surface area contributed by atoms with E-state index in [9.17, 15) is 14.4 Å². The zero-order valence-corrected chi connectivity index (χ0v) is 25.4. The molecule has 2 saturated heterocycles. The number of aromatic nitrogens is 1. The number of hydrogen-bond donors (Lipinski definition) is 1. The third kappa shape index (κ3) is 6.86. The lowest BCUT2D eigenvalue weighted by Gasteiger charge is -2.36. The van der Waals surface area contributed by atoms with Crippen molar-refractivity contribution in [1.29, 1.82) is 0 Å². The summed E-state index contributed by atoms with van der Waals surface area (Å²) in [5, 5.41) is 4.94. The van der Waals surface area contributed by atoms with E-state index in [4.69, 9.17) is 23.2 Å².